The molecule has 2 unspecified atom stereocenters. The highest BCUT2D eigenvalue weighted by Crippen LogP contribution is 2.30. The summed E-state index contributed by atoms with van der Waals surface area (Å²) < 4.78 is 16.7. The predicted molar refractivity (Wildman–Crippen MR) is 117 cm³/mol. The van der Waals surface area contributed by atoms with Gasteiger partial charge in [0.2, 0.25) is 11.2 Å². The second-order valence-corrected chi connectivity index (χ2v) is 9.15. The van der Waals surface area contributed by atoms with Crippen molar-refractivity contribution in [3.63, 3.8) is 0 Å². The van der Waals surface area contributed by atoms with Crippen molar-refractivity contribution in [1.82, 2.24) is 20.2 Å². The van der Waals surface area contributed by atoms with Gasteiger partial charge >= 0.3 is 12.1 Å². The molecule has 3 heterocycles. The second kappa shape index (κ2) is 10.1. The van der Waals surface area contributed by atoms with E-state index in [2.05, 4.69) is 15.3 Å². The Bertz CT molecular complexity index is 849. The molecule has 0 saturated carbocycles. The molecule has 178 valence electrons. The highest BCUT2D eigenvalue weighted by atomic mass is 35.5. The average molecular weight is 472 g/mol. The zero-order valence-electron chi connectivity index (χ0n) is 18.8. The van der Waals surface area contributed by atoms with Crippen LogP contribution in [0.25, 0.3) is 0 Å². The van der Waals surface area contributed by atoms with Gasteiger partial charge in [-0.2, -0.15) is 9.97 Å². The first kappa shape index (κ1) is 24.3. The molecule has 0 radical (unpaired) electrons. The average Bonchev–Trinajstić information content (AvgIpc) is 2.71. The Morgan fingerprint density at radius 2 is 2.06 bits per heavy atom. The zero-order valence-corrected chi connectivity index (χ0v) is 19.5. The molecule has 1 aromatic rings. The molecule has 11 nitrogen and oxygen atoms in total. The number of carboxylic acids is 1. The lowest BCUT2D eigenvalue weighted by Crippen LogP contribution is -2.55. The van der Waals surface area contributed by atoms with Crippen LogP contribution in [0.15, 0.2) is 0 Å². The Hall–Kier alpha value is -2.37. The van der Waals surface area contributed by atoms with Crippen molar-refractivity contribution >= 4 is 29.5 Å². The molecule has 2 aliphatic rings. The number of nitrogens with one attached hydrogen (secondary N) is 1. The van der Waals surface area contributed by atoms with Crippen molar-refractivity contribution in [1.29, 1.82) is 0 Å². The molecular formula is C20H30ClN5O6. The van der Waals surface area contributed by atoms with Crippen LogP contribution in [0, 0.1) is 0 Å². The highest BCUT2D eigenvalue weighted by Gasteiger charge is 2.31. The lowest BCUT2D eigenvalue weighted by molar-refractivity contribution is 0.0177. The number of carboxylic acid groups (broad SMARTS) is 1. The molecule has 1 amide bonds. The van der Waals surface area contributed by atoms with Gasteiger partial charge in [0, 0.05) is 26.2 Å². The maximum Gasteiger partial charge on any atom is 0.410 e. The number of anilines is 1. The first-order chi connectivity index (χ1) is 15.0. The van der Waals surface area contributed by atoms with E-state index < -0.39 is 17.7 Å². The lowest BCUT2D eigenvalue weighted by atomic mass is 10.2. The Kier molecular flexibility index (Phi) is 7.63. The van der Waals surface area contributed by atoms with Gasteiger partial charge < -0.3 is 34.4 Å². The summed E-state index contributed by atoms with van der Waals surface area (Å²) in [4.78, 5) is 36.1. The Labute approximate surface area is 192 Å². The molecule has 0 aliphatic carbocycles. The summed E-state index contributed by atoms with van der Waals surface area (Å²) in [6.45, 7) is 10.2. The van der Waals surface area contributed by atoms with Gasteiger partial charge in [-0.05, 0) is 39.3 Å². The molecule has 0 bridgehead atoms. The molecule has 32 heavy (non-hydrogen) atoms. The molecule has 2 fully saturated rings. The summed E-state index contributed by atoms with van der Waals surface area (Å²) in [6.07, 6.45) is -0.399. The van der Waals surface area contributed by atoms with Gasteiger partial charge in [-0.15, -0.1) is 0 Å². The van der Waals surface area contributed by atoms with Gasteiger partial charge in [-0.25, -0.2) is 9.59 Å². The summed E-state index contributed by atoms with van der Waals surface area (Å²) in [6, 6.07) is -0.319. The second-order valence-electron chi connectivity index (χ2n) is 8.81. The fourth-order valence-electron chi connectivity index (χ4n) is 3.55. The van der Waals surface area contributed by atoms with Crippen molar-refractivity contribution in [3.05, 3.63) is 10.8 Å². The van der Waals surface area contributed by atoms with Gasteiger partial charge in [-0.3, -0.25) is 0 Å². The number of aromatic carboxylic acids is 1. The molecule has 1 aromatic heterocycles. The summed E-state index contributed by atoms with van der Waals surface area (Å²) in [5.41, 5.74) is -0.738. The molecule has 0 spiro atoms. The number of hydrogen-bond acceptors (Lipinski definition) is 9. The van der Waals surface area contributed by atoms with Crippen LogP contribution in [0.5, 0.6) is 5.88 Å². The summed E-state index contributed by atoms with van der Waals surface area (Å²) in [5.74, 6) is -1.12. The van der Waals surface area contributed by atoms with Crippen molar-refractivity contribution in [2.24, 2.45) is 0 Å². The quantitative estimate of drug-likeness (QED) is 0.612. The van der Waals surface area contributed by atoms with E-state index in [1.54, 1.807) is 4.90 Å². The van der Waals surface area contributed by atoms with Gasteiger partial charge in [0.15, 0.2) is 11.4 Å². The lowest BCUT2D eigenvalue weighted by Gasteiger charge is -2.35. The van der Waals surface area contributed by atoms with Crippen LogP contribution < -0.4 is 15.0 Å². The monoisotopic (exact) mass is 471 g/mol. The van der Waals surface area contributed by atoms with Gasteiger partial charge in [0.25, 0.3) is 0 Å². The van der Waals surface area contributed by atoms with Crippen LogP contribution in [0.2, 0.25) is 5.28 Å². The minimum Gasteiger partial charge on any atom is -0.477 e. The highest BCUT2D eigenvalue weighted by molar-refractivity contribution is 6.28. The number of halogens is 1. The SMILES string of the molecule is CC1COCCN1c1nc(Cl)nc(OCC2CN(C(=O)OC(C)(C)C)CCN2)c1C(=O)O. The topological polar surface area (TPSA) is 126 Å². The molecule has 2 N–H and O–H groups in total. The maximum atomic E-state index is 12.4. The normalized spacial score (nSPS) is 21.9. The van der Waals surface area contributed by atoms with E-state index in [0.717, 1.165) is 0 Å². The Morgan fingerprint density at radius 3 is 2.72 bits per heavy atom. The van der Waals surface area contributed by atoms with Gasteiger partial charge in [0.05, 0.1) is 25.3 Å². The van der Waals surface area contributed by atoms with Crippen molar-refractivity contribution < 1.29 is 28.9 Å². The zero-order chi connectivity index (χ0) is 23.5. The predicted octanol–water partition coefficient (Wildman–Crippen LogP) is 1.64. The number of carbonyl (C=O) groups excluding carboxylic acids is 1. The van der Waals surface area contributed by atoms with E-state index in [1.165, 1.54) is 0 Å². The van der Waals surface area contributed by atoms with Gasteiger partial charge in [0.1, 0.15) is 12.2 Å². The Morgan fingerprint density at radius 1 is 1.31 bits per heavy atom. The van der Waals surface area contributed by atoms with E-state index in [0.29, 0.717) is 39.4 Å². The number of aromatic nitrogens is 2. The molecule has 2 saturated heterocycles. The fraction of sp³-hybridized carbons (Fsp3) is 0.700. The number of morpholine rings is 1. The van der Waals surface area contributed by atoms with Crippen LogP contribution in [0.1, 0.15) is 38.1 Å². The molecule has 0 aromatic carbocycles. The van der Waals surface area contributed by atoms with Crippen molar-refractivity contribution in [2.75, 3.05) is 50.9 Å². The van der Waals surface area contributed by atoms with Crippen LogP contribution >= 0.6 is 11.6 Å². The molecule has 3 rings (SSSR count). The largest absolute Gasteiger partial charge is 0.477 e. The summed E-state index contributed by atoms with van der Waals surface area (Å²) >= 11 is 6.10. The smallest absolute Gasteiger partial charge is 0.410 e. The van der Waals surface area contributed by atoms with Crippen molar-refractivity contribution in [3.8, 4) is 5.88 Å². The number of nitrogens with zero attached hydrogens (tertiary/aromatic N) is 4. The van der Waals surface area contributed by atoms with Crippen LogP contribution in [-0.2, 0) is 9.47 Å². The van der Waals surface area contributed by atoms with Crippen molar-refractivity contribution in [2.45, 2.75) is 45.4 Å². The first-order valence-corrected chi connectivity index (χ1v) is 10.9. The Balaban J connectivity index is 1.74. The first-order valence-electron chi connectivity index (χ1n) is 10.5. The fourth-order valence-corrected chi connectivity index (χ4v) is 3.71. The van der Waals surface area contributed by atoms with Gasteiger partial charge in [-0.1, -0.05) is 0 Å². The van der Waals surface area contributed by atoms with E-state index >= 15 is 0 Å². The third-order valence-corrected chi connectivity index (χ3v) is 5.18. The minimum atomic E-state index is -1.21. The standard InChI is InChI=1S/C20H30ClN5O6/c1-12-10-30-8-7-26(12)15-14(17(27)28)16(24-18(21)23-15)31-11-13-9-25(6-5-22-13)19(29)32-20(2,3)4/h12-13,22H,5-11H2,1-4H3,(H,27,28). The molecular weight excluding hydrogens is 442 g/mol. The molecule has 2 aliphatic heterocycles. The molecule has 12 heteroatoms. The third-order valence-electron chi connectivity index (χ3n) is 5.01. The summed E-state index contributed by atoms with van der Waals surface area (Å²) in [7, 11) is 0. The molecule has 2 atom stereocenters. The van der Waals surface area contributed by atoms with Crippen LogP contribution in [0.3, 0.4) is 0 Å². The van der Waals surface area contributed by atoms with E-state index in [4.69, 9.17) is 25.8 Å². The van der Waals surface area contributed by atoms with E-state index in [-0.39, 0.29) is 41.2 Å². The number of piperazine rings is 1. The number of hydrogen-bond donors (Lipinski definition) is 2. The third kappa shape index (κ3) is 6.11. The number of rotatable bonds is 5. The number of carbonyl (C=O) groups is 2. The van der Waals surface area contributed by atoms with E-state index in [1.807, 2.05) is 32.6 Å². The van der Waals surface area contributed by atoms with Crippen LogP contribution in [-0.4, -0.2) is 95.7 Å². The van der Waals surface area contributed by atoms with Crippen LogP contribution in [0.4, 0.5) is 10.6 Å². The number of ether oxygens (including phenoxy) is 3. The van der Waals surface area contributed by atoms with E-state index in [9.17, 15) is 14.7 Å². The summed E-state index contributed by atoms with van der Waals surface area (Å²) in [5, 5.41) is 13.0. The number of amides is 1. The minimum absolute atomic E-state index is 0.0805. The maximum absolute atomic E-state index is 12.4.